The quantitative estimate of drug-likeness (QED) is 0.279. The third-order valence-corrected chi connectivity index (χ3v) is 1.51. The van der Waals surface area contributed by atoms with Crippen molar-refractivity contribution in [1.82, 2.24) is 0 Å². The SMILES string of the molecule is C/C=C/CCOC(=O)/C(C)=C/C. The molecule has 2 nitrogen and oxygen atoms in total. The monoisotopic (exact) mass is 168 g/mol. The second-order valence-electron chi connectivity index (χ2n) is 2.47. The fourth-order valence-corrected chi connectivity index (χ4v) is 0.618. The van der Waals surface area contributed by atoms with Gasteiger partial charge in [-0.05, 0) is 27.2 Å². The number of rotatable bonds is 4. The van der Waals surface area contributed by atoms with Gasteiger partial charge < -0.3 is 4.74 Å². The zero-order chi connectivity index (χ0) is 9.40. The van der Waals surface area contributed by atoms with Crippen molar-refractivity contribution in [3.05, 3.63) is 23.8 Å². The molecule has 0 rings (SSSR count). The molecule has 0 saturated carbocycles. The lowest BCUT2D eigenvalue weighted by Crippen LogP contribution is -2.06. The summed E-state index contributed by atoms with van der Waals surface area (Å²) < 4.78 is 4.94. The van der Waals surface area contributed by atoms with Crippen LogP contribution >= 0.6 is 0 Å². The van der Waals surface area contributed by atoms with Crippen molar-refractivity contribution >= 4 is 5.97 Å². The lowest BCUT2D eigenvalue weighted by Gasteiger charge is -2.01. The molecule has 12 heavy (non-hydrogen) atoms. The fraction of sp³-hybridized carbons (Fsp3) is 0.500. The van der Waals surface area contributed by atoms with Crippen LogP contribution in [-0.4, -0.2) is 12.6 Å². The zero-order valence-electron chi connectivity index (χ0n) is 7.96. The fourth-order valence-electron chi connectivity index (χ4n) is 0.618. The van der Waals surface area contributed by atoms with Crippen molar-refractivity contribution in [2.24, 2.45) is 0 Å². The molecule has 0 unspecified atom stereocenters. The smallest absolute Gasteiger partial charge is 0.333 e. The van der Waals surface area contributed by atoms with E-state index in [-0.39, 0.29) is 5.97 Å². The van der Waals surface area contributed by atoms with Gasteiger partial charge in [-0.15, -0.1) is 0 Å². The van der Waals surface area contributed by atoms with Crippen LogP contribution in [-0.2, 0) is 9.53 Å². The second kappa shape index (κ2) is 6.65. The van der Waals surface area contributed by atoms with E-state index in [1.807, 2.05) is 26.0 Å². The Bertz CT molecular complexity index is 190. The van der Waals surface area contributed by atoms with Gasteiger partial charge in [-0.25, -0.2) is 4.79 Å². The molecule has 0 aliphatic heterocycles. The van der Waals surface area contributed by atoms with Gasteiger partial charge in [0.2, 0.25) is 0 Å². The highest BCUT2D eigenvalue weighted by molar-refractivity contribution is 5.87. The molecule has 0 heterocycles. The maximum Gasteiger partial charge on any atom is 0.333 e. The first-order valence-electron chi connectivity index (χ1n) is 4.13. The zero-order valence-corrected chi connectivity index (χ0v) is 7.96. The Hall–Kier alpha value is -1.05. The van der Waals surface area contributed by atoms with Crippen molar-refractivity contribution in [3.63, 3.8) is 0 Å². The normalized spacial score (nSPS) is 12.1. The molecule has 0 aromatic heterocycles. The van der Waals surface area contributed by atoms with Crippen molar-refractivity contribution in [3.8, 4) is 0 Å². The maximum absolute atomic E-state index is 11.0. The average molecular weight is 168 g/mol. The molecular formula is C10H16O2. The number of ether oxygens (including phenoxy) is 1. The molecule has 0 fully saturated rings. The Kier molecular flexibility index (Phi) is 6.07. The van der Waals surface area contributed by atoms with Crippen molar-refractivity contribution < 1.29 is 9.53 Å². The van der Waals surface area contributed by atoms with Gasteiger partial charge in [0.15, 0.2) is 0 Å². The standard InChI is InChI=1S/C10H16O2/c1-4-6-7-8-12-10(11)9(3)5-2/h4-6H,7-8H2,1-3H3/b6-4+,9-5+. The molecule has 0 amide bonds. The van der Waals surface area contributed by atoms with E-state index in [1.54, 1.807) is 13.0 Å². The molecule has 0 aliphatic carbocycles. The van der Waals surface area contributed by atoms with E-state index in [9.17, 15) is 4.79 Å². The summed E-state index contributed by atoms with van der Waals surface area (Å²) in [6, 6.07) is 0. The van der Waals surface area contributed by atoms with Crippen LogP contribution in [0.25, 0.3) is 0 Å². The average Bonchev–Trinajstić information content (AvgIpc) is 2.10. The summed E-state index contributed by atoms with van der Waals surface area (Å²) in [5.41, 5.74) is 0.662. The third kappa shape index (κ3) is 4.72. The predicted octanol–water partition coefficient (Wildman–Crippen LogP) is 2.46. The minimum atomic E-state index is -0.220. The molecule has 2 heteroatoms. The van der Waals surface area contributed by atoms with Crippen LogP contribution in [0.4, 0.5) is 0 Å². The molecule has 0 radical (unpaired) electrons. The number of hydrogen-bond donors (Lipinski definition) is 0. The molecule has 0 aliphatic rings. The first-order chi connectivity index (χ1) is 5.72. The van der Waals surface area contributed by atoms with E-state index < -0.39 is 0 Å². The predicted molar refractivity (Wildman–Crippen MR) is 49.8 cm³/mol. The Balaban J connectivity index is 3.58. The summed E-state index contributed by atoms with van der Waals surface area (Å²) in [5, 5.41) is 0. The molecule has 0 aromatic carbocycles. The van der Waals surface area contributed by atoms with Crippen molar-refractivity contribution in [2.75, 3.05) is 6.61 Å². The first-order valence-corrected chi connectivity index (χ1v) is 4.13. The number of allylic oxidation sites excluding steroid dienone is 2. The molecule has 68 valence electrons. The van der Waals surface area contributed by atoms with E-state index in [4.69, 9.17) is 4.74 Å². The molecule has 0 atom stereocenters. The molecule has 0 bridgehead atoms. The van der Waals surface area contributed by atoms with Crippen LogP contribution in [0.2, 0.25) is 0 Å². The van der Waals surface area contributed by atoms with E-state index in [0.29, 0.717) is 12.2 Å². The van der Waals surface area contributed by atoms with Crippen LogP contribution in [0.3, 0.4) is 0 Å². The number of esters is 1. The largest absolute Gasteiger partial charge is 0.462 e. The number of hydrogen-bond acceptors (Lipinski definition) is 2. The summed E-state index contributed by atoms with van der Waals surface area (Å²) in [7, 11) is 0. The van der Waals surface area contributed by atoms with Crippen LogP contribution in [0.5, 0.6) is 0 Å². The Morgan fingerprint density at radius 3 is 2.58 bits per heavy atom. The minimum absolute atomic E-state index is 0.220. The molecule has 0 saturated heterocycles. The van der Waals surface area contributed by atoms with Gasteiger partial charge >= 0.3 is 5.97 Å². The highest BCUT2D eigenvalue weighted by atomic mass is 16.5. The highest BCUT2D eigenvalue weighted by Crippen LogP contribution is 1.96. The van der Waals surface area contributed by atoms with Gasteiger partial charge in [0.1, 0.15) is 0 Å². The van der Waals surface area contributed by atoms with Crippen LogP contribution in [0.1, 0.15) is 27.2 Å². The summed E-state index contributed by atoms with van der Waals surface area (Å²) >= 11 is 0. The molecular weight excluding hydrogens is 152 g/mol. The van der Waals surface area contributed by atoms with Gasteiger partial charge in [0.25, 0.3) is 0 Å². The topological polar surface area (TPSA) is 26.3 Å². The van der Waals surface area contributed by atoms with Crippen molar-refractivity contribution in [1.29, 1.82) is 0 Å². The van der Waals surface area contributed by atoms with Crippen molar-refractivity contribution in [2.45, 2.75) is 27.2 Å². The first kappa shape index (κ1) is 11.0. The van der Waals surface area contributed by atoms with Crippen LogP contribution in [0.15, 0.2) is 23.8 Å². The summed E-state index contributed by atoms with van der Waals surface area (Å²) in [6.07, 6.45) is 6.45. The summed E-state index contributed by atoms with van der Waals surface area (Å²) in [4.78, 5) is 11.0. The van der Waals surface area contributed by atoms with Gasteiger partial charge in [-0.1, -0.05) is 18.2 Å². The number of carbonyl (C=O) groups excluding carboxylic acids is 1. The van der Waals surface area contributed by atoms with Gasteiger partial charge in [-0.3, -0.25) is 0 Å². The Labute approximate surface area is 73.9 Å². The summed E-state index contributed by atoms with van der Waals surface area (Å²) in [5.74, 6) is -0.220. The molecule has 0 spiro atoms. The van der Waals surface area contributed by atoms with E-state index in [0.717, 1.165) is 6.42 Å². The Morgan fingerprint density at radius 2 is 2.08 bits per heavy atom. The van der Waals surface area contributed by atoms with Crippen LogP contribution in [0, 0.1) is 0 Å². The van der Waals surface area contributed by atoms with E-state index in [1.165, 1.54) is 0 Å². The van der Waals surface area contributed by atoms with Gasteiger partial charge in [-0.2, -0.15) is 0 Å². The maximum atomic E-state index is 11.0. The number of carbonyl (C=O) groups is 1. The highest BCUT2D eigenvalue weighted by Gasteiger charge is 2.01. The van der Waals surface area contributed by atoms with E-state index >= 15 is 0 Å². The second-order valence-corrected chi connectivity index (χ2v) is 2.47. The van der Waals surface area contributed by atoms with Gasteiger partial charge in [0, 0.05) is 5.57 Å². The lowest BCUT2D eigenvalue weighted by molar-refractivity contribution is -0.138. The molecule has 0 aromatic rings. The lowest BCUT2D eigenvalue weighted by atomic mass is 10.3. The summed E-state index contributed by atoms with van der Waals surface area (Å²) in [6.45, 7) is 5.98. The van der Waals surface area contributed by atoms with Gasteiger partial charge in [0.05, 0.1) is 6.61 Å². The minimum Gasteiger partial charge on any atom is -0.462 e. The van der Waals surface area contributed by atoms with Crippen LogP contribution < -0.4 is 0 Å². The third-order valence-electron chi connectivity index (χ3n) is 1.51. The molecule has 0 N–H and O–H groups in total. The van der Waals surface area contributed by atoms with E-state index in [2.05, 4.69) is 0 Å². The Morgan fingerprint density at radius 1 is 1.42 bits per heavy atom.